The number of esters is 1. The minimum absolute atomic E-state index is 0.0447. The Morgan fingerprint density at radius 3 is 2.32 bits per heavy atom. The van der Waals surface area contributed by atoms with E-state index in [-0.39, 0.29) is 18.7 Å². The van der Waals surface area contributed by atoms with Crippen LogP contribution >= 0.6 is 0 Å². The molecule has 0 saturated carbocycles. The quantitative estimate of drug-likeness (QED) is 0.508. The fourth-order valence-corrected chi connectivity index (χ4v) is 2.98. The molecule has 0 fully saturated rings. The molecule has 31 heavy (non-hydrogen) atoms. The highest BCUT2D eigenvalue weighted by atomic mass is 16.5. The second-order valence-electron chi connectivity index (χ2n) is 6.74. The molecular weight excluding hydrogens is 396 g/mol. The van der Waals surface area contributed by atoms with Crippen LogP contribution in [-0.2, 0) is 19.1 Å². The number of hydrogen-bond donors (Lipinski definition) is 2. The van der Waals surface area contributed by atoms with E-state index in [2.05, 4.69) is 10.6 Å². The number of carbonyl (C=O) groups excluding carboxylic acids is 3. The largest absolute Gasteiger partial charge is 0.494 e. The third-order valence-electron chi connectivity index (χ3n) is 4.43. The Morgan fingerprint density at radius 1 is 0.806 bits per heavy atom. The van der Waals surface area contributed by atoms with Crippen LogP contribution in [0.5, 0.6) is 5.75 Å². The Morgan fingerprint density at radius 2 is 1.55 bits per heavy atom. The van der Waals surface area contributed by atoms with Crippen LogP contribution in [0.25, 0.3) is 10.8 Å². The lowest BCUT2D eigenvalue weighted by Gasteiger charge is -2.09. The molecule has 160 valence electrons. The van der Waals surface area contributed by atoms with Crippen molar-refractivity contribution in [3.63, 3.8) is 0 Å². The molecule has 0 aliphatic rings. The van der Waals surface area contributed by atoms with E-state index >= 15 is 0 Å². The van der Waals surface area contributed by atoms with Gasteiger partial charge < -0.3 is 20.1 Å². The van der Waals surface area contributed by atoms with Gasteiger partial charge in [-0.2, -0.15) is 0 Å². The van der Waals surface area contributed by atoms with E-state index in [1.54, 1.807) is 30.3 Å². The zero-order valence-electron chi connectivity index (χ0n) is 17.2. The Bertz CT molecular complexity index is 1060. The molecule has 0 heterocycles. The van der Waals surface area contributed by atoms with Crippen LogP contribution in [0.4, 0.5) is 11.4 Å². The van der Waals surface area contributed by atoms with Gasteiger partial charge in [-0.1, -0.05) is 36.4 Å². The van der Waals surface area contributed by atoms with Crippen molar-refractivity contribution in [1.82, 2.24) is 0 Å². The molecule has 0 aliphatic heterocycles. The summed E-state index contributed by atoms with van der Waals surface area (Å²) in [5.74, 6) is -0.661. The average molecular weight is 420 g/mol. The zero-order valence-corrected chi connectivity index (χ0v) is 17.2. The molecule has 3 aromatic rings. The van der Waals surface area contributed by atoms with Crippen molar-refractivity contribution in [3.8, 4) is 5.75 Å². The predicted octanol–water partition coefficient (Wildman–Crippen LogP) is 4.14. The van der Waals surface area contributed by atoms with Gasteiger partial charge in [0.2, 0.25) is 5.91 Å². The van der Waals surface area contributed by atoms with Crippen molar-refractivity contribution in [3.05, 3.63) is 66.7 Å². The molecule has 7 nitrogen and oxygen atoms in total. The Balaban J connectivity index is 1.40. The summed E-state index contributed by atoms with van der Waals surface area (Å²) in [4.78, 5) is 36.0. The molecule has 3 rings (SSSR count). The first-order chi connectivity index (χ1) is 15.0. The number of hydrogen-bond acceptors (Lipinski definition) is 5. The molecule has 0 aromatic heterocycles. The maximum atomic E-state index is 12.1. The number of ether oxygens (including phenoxy) is 2. The molecule has 3 aromatic carbocycles. The molecule has 0 radical (unpaired) electrons. The van der Waals surface area contributed by atoms with E-state index in [4.69, 9.17) is 9.47 Å². The number of benzene rings is 3. The second-order valence-corrected chi connectivity index (χ2v) is 6.74. The van der Waals surface area contributed by atoms with Crippen molar-refractivity contribution in [1.29, 1.82) is 0 Å². The molecule has 2 amide bonds. The summed E-state index contributed by atoms with van der Waals surface area (Å²) < 4.78 is 10.3. The summed E-state index contributed by atoms with van der Waals surface area (Å²) in [5.41, 5.74) is 1.25. The standard InChI is InChI=1S/C24H24N2O5/c1-2-30-19-12-10-18(11-13-19)25-22(27)14-15-24(29)31-16-23(28)26-21-9-5-7-17-6-3-4-8-20(17)21/h3-13H,2,14-16H2,1H3,(H,25,27)(H,26,28). The number of anilines is 2. The molecule has 2 N–H and O–H groups in total. The van der Waals surface area contributed by atoms with Crippen LogP contribution in [0, 0.1) is 0 Å². The lowest BCUT2D eigenvalue weighted by molar-refractivity contribution is -0.147. The smallest absolute Gasteiger partial charge is 0.306 e. The predicted molar refractivity (Wildman–Crippen MR) is 119 cm³/mol. The van der Waals surface area contributed by atoms with Gasteiger partial charge >= 0.3 is 5.97 Å². The third kappa shape index (κ3) is 6.57. The number of rotatable bonds is 9. The number of amides is 2. The van der Waals surface area contributed by atoms with Crippen LogP contribution in [0.1, 0.15) is 19.8 Å². The minimum atomic E-state index is -0.616. The van der Waals surface area contributed by atoms with Gasteiger partial charge in [0.1, 0.15) is 5.75 Å². The normalized spacial score (nSPS) is 10.4. The van der Waals surface area contributed by atoms with Crippen molar-refractivity contribution in [2.24, 2.45) is 0 Å². The van der Waals surface area contributed by atoms with Gasteiger partial charge in [-0.05, 0) is 42.6 Å². The van der Waals surface area contributed by atoms with Crippen LogP contribution in [0.15, 0.2) is 66.7 Å². The van der Waals surface area contributed by atoms with E-state index in [1.807, 2.05) is 43.3 Å². The van der Waals surface area contributed by atoms with E-state index in [0.717, 1.165) is 10.8 Å². The van der Waals surface area contributed by atoms with Crippen LogP contribution in [0.2, 0.25) is 0 Å². The average Bonchev–Trinajstić information content (AvgIpc) is 2.78. The van der Waals surface area contributed by atoms with Gasteiger partial charge in [0.05, 0.1) is 13.0 Å². The fraction of sp³-hybridized carbons (Fsp3) is 0.208. The number of nitrogens with one attached hydrogen (secondary N) is 2. The summed E-state index contributed by atoms with van der Waals surface area (Å²) in [5, 5.41) is 7.34. The molecule has 0 bridgehead atoms. The monoisotopic (exact) mass is 420 g/mol. The lowest BCUT2D eigenvalue weighted by atomic mass is 10.1. The summed E-state index contributed by atoms with van der Waals surface area (Å²) in [6.45, 7) is 2.04. The van der Waals surface area contributed by atoms with Crippen LogP contribution < -0.4 is 15.4 Å². The SMILES string of the molecule is CCOc1ccc(NC(=O)CCC(=O)OCC(=O)Nc2cccc3ccccc23)cc1. The Labute approximate surface area is 180 Å². The van der Waals surface area contributed by atoms with Gasteiger partial charge in [-0.3, -0.25) is 14.4 Å². The highest BCUT2D eigenvalue weighted by Gasteiger charge is 2.12. The Kier molecular flexibility index (Phi) is 7.59. The Hall–Kier alpha value is -3.87. The molecule has 0 unspecified atom stereocenters. The molecular formula is C24H24N2O5. The van der Waals surface area contributed by atoms with E-state index in [9.17, 15) is 14.4 Å². The van der Waals surface area contributed by atoms with E-state index in [1.165, 1.54) is 0 Å². The second kappa shape index (κ2) is 10.8. The maximum absolute atomic E-state index is 12.1. The van der Waals surface area contributed by atoms with Crippen molar-refractivity contribution >= 4 is 39.9 Å². The van der Waals surface area contributed by atoms with Crippen LogP contribution in [-0.4, -0.2) is 31.0 Å². The molecule has 0 aliphatic carbocycles. The summed E-state index contributed by atoms with van der Waals surface area (Å²) >= 11 is 0. The summed E-state index contributed by atoms with van der Waals surface area (Å²) in [6, 6.07) is 20.2. The van der Waals surface area contributed by atoms with Gasteiger partial charge in [0, 0.05) is 23.2 Å². The molecule has 0 atom stereocenters. The molecule has 0 spiro atoms. The van der Waals surface area contributed by atoms with E-state index in [0.29, 0.717) is 23.7 Å². The third-order valence-corrected chi connectivity index (χ3v) is 4.43. The zero-order chi connectivity index (χ0) is 22.1. The van der Waals surface area contributed by atoms with Gasteiger partial charge in [0.15, 0.2) is 6.61 Å². The summed E-state index contributed by atoms with van der Waals surface area (Å²) in [6.07, 6.45) is -0.165. The number of carbonyl (C=O) groups is 3. The van der Waals surface area contributed by atoms with Crippen molar-refractivity contribution in [2.45, 2.75) is 19.8 Å². The first kappa shape index (κ1) is 21.8. The van der Waals surface area contributed by atoms with Gasteiger partial charge in [-0.25, -0.2) is 0 Å². The summed E-state index contributed by atoms with van der Waals surface area (Å²) in [7, 11) is 0. The lowest BCUT2D eigenvalue weighted by Crippen LogP contribution is -2.22. The fourth-order valence-electron chi connectivity index (χ4n) is 2.98. The van der Waals surface area contributed by atoms with Gasteiger partial charge in [-0.15, -0.1) is 0 Å². The van der Waals surface area contributed by atoms with Crippen molar-refractivity contribution in [2.75, 3.05) is 23.8 Å². The first-order valence-electron chi connectivity index (χ1n) is 10.0. The number of fused-ring (bicyclic) bond motifs is 1. The van der Waals surface area contributed by atoms with E-state index < -0.39 is 18.5 Å². The van der Waals surface area contributed by atoms with Crippen LogP contribution in [0.3, 0.4) is 0 Å². The topological polar surface area (TPSA) is 93.7 Å². The first-order valence-corrected chi connectivity index (χ1v) is 10.0. The molecule has 0 saturated heterocycles. The van der Waals surface area contributed by atoms with Crippen molar-refractivity contribution < 1.29 is 23.9 Å². The highest BCUT2D eigenvalue weighted by Crippen LogP contribution is 2.22. The van der Waals surface area contributed by atoms with Gasteiger partial charge in [0.25, 0.3) is 5.91 Å². The maximum Gasteiger partial charge on any atom is 0.306 e. The highest BCUT2D eigenvalue weighted by molar-refractivity contribution is 6.02. The minimum Gasteiger partial charge on any atom is -0.494 e. The molecule has 7 heteroatoms.